The van der Waals surface area contributed by atoms with Gasteiger partial charge in [0.1, 0.15) is 0 Å². The molecule has 0 aliphatic heterocycles. The van der Waals surface area contributed by atoms with Gasteiger partial charge in [0.25, 0.3) is 5.91 Å². The van der Waals surface area contributed by atoms with Crippen LogP contribution in [0.15, 0.2) is 42.5 Å². The number of aryl methyl sites for hydroxylation is 2. The predicted molar refractivity (Wildman–Crippen MR) is 108 cm³/mol. The number of hydrogen-bond acceptors (Lipinski definition) is 4. The number of aliphatic hydroxyl groups is 2. The van der Waals surface area contributed by atoms with Crippen LogP contribution in [0.3, 0.4) is 0 Å². The Morgan fingerprint density at radius 2 is 1.89 bits per heavy atom. The Kier molecular flexibility index (Phi) is 5.92. The fraction of sp³-hybridized carbons (Fsp3) is 0.273. The predicted octanol–water partition coefficient (Wildman–Crippen LogP) is 2.95. The highest BCUT2D eigenvalue weighted by Crippen LogP contribution is 2.26. The number of carbonyl (C=O) groups excluding carboxylic acids is 1. The fourth-order valence-corrected chi connectivity index (χ4v) is 3.31. The molecule has 2 aromatic carbocycles. The van der Waals surface area contributed by atoms with Crippen molar-refractivity contribution in [3.05, 3.63) is 76.1 Å². The quantitative estimate of drug-likeness (QED) is 0.614. The molecule has 0 spiro atoms. The number of H-pyrrole nitrogens is 1. The number of aliphatic hydroxyl groups excluding tert-OH is 2. The lowest BCUT2D eigenvalue weighted by molar-refractivity contribution is 0.0785. The molecule has 0 atom stereocenters. The third-order valence-electron chi connectivity index (χ3n) is 4.97. The topological polar surface area (TPSA) is 89.5 Å². The number of amides is 1. The zero-order chi connectivity index (χ0) is 20.3. The molecule has 0 fully saturated rings. The van der Waals surface area contributed by atoms with Crippen molar-refractivity contribution in [2.45, 2.75) is 33.6 Å². The number of aromatic amines is 1. The maximum Gasteiger partial charge on any atom is 0.253 e. The molecule has 0 aliphatic carbocycles. The number of nitrogens with one attached hydrogen (secondary N) is 1. The SMILES string of the molecule is Cc1n[nH]c(C)c1CN(C)C(=O)c1cccc(-c2ccc(CO)cc2CO)c1. The molecule has 6 heteroatoms. The molecule has 0 bridgehead atoms. The molecule has 0 saturated carbocycles. The summed E-state index contributed by atoms with van der Waals surface area (Å²) in [6.07, 6.45) is 0. The number of nitrogens with zero attached hydrogens (tertiary/aromatic N) is 2. The summed E-state index contributed by atoms with van der Waals surface area (Å²) in [6.45, 7) is 4.12. The second-order valence-electron chi connectivity index (χ2n) is 6.96. The van der Waals surface area contributed by atoms with Crippen LogP contribution in [0.5, 0.6) is 0 Å². The van der Waals surface area contributed by atoms with Gasteiger partial charge in [-0.25, -0.2) is 0 Å². The van der Waals surface area contributed by atoms with Gasteiger partial charge in [-0.3, -0.25) is 9.89 Å². The number of aromatic nitrogens is 2. The van der Waals surface area contributed by atoms with Gasteiger partial charge < -0.3 is 15.1 Å². The van der Waals surface area contributed by atoms with Crippen LogP contribution in [0.1, 0.15) is 38.4 Å². The Balaban J connectivity index is 1.88. The lowest BCUT2D eigenvalue weighted by Gasteiger charge is -2.18. The number of hydrogen-bond donors (Lipinski definition) is 3. The van der Waals surface area contributed by atoms with Gasteiger partial charge in [-0.1, -0.05) is 30.3 Å². The van der Waals surface area contributed by atoms with Crippen LogP contribution in [-0.2, 0) is 19.8 Å². The van der Waals surface area contributed by atoms with Crippen LogP contribution in [0.4, 0.5) is 0 Å². The summed E-state index contributed by atoms with van der Waals surface area (Å²) < 4.78 is 0. The summed E-state index contributed by atoms with van der Waals surface area (Å²) in [6, 6.07) is 12.8. The molecule has 1 aromatic heterocycles. The summed E-state index contributed by atoms with van der Waals surface area (Å²) in [4.78, 5) is 14.6. The average Bonchev–Trinajstić information content (AvgIpc) is 3.04. The minimum absolute atomic E-state index is 0.0799. The summed E-state index contributed by atoms with van der Waals surface area (Å²) >= 11 is 0. The van der Waals surface area contributed by atoms with Gasteiger partial charge >= 0.3 is 0 Å². The van der Waals surface area contributed by atoms with E-state index in [1.165, 1.54) is 0 Å². The molecule has 1 heterocycles. The first kappa shape index (κ1) is 19.8. The van der Waals surface area contributed by atoms with E-state index in [4.69, 9.17) is 0 Å². The van der Waals surface area contributed by atoms with E-state index < -0.39 is 0 Å². The van der Waals surface area contributed by atoms with Crippen molar-refractivity contribution in [2.24, 2.45) is 0 Å². The van der Waals surface area contributed by atoms with Crippen molar-refractivity contribution < 1.29 is 15.0 Å². The summed E-state index contributed by atoms with van der Waals surface area (Å²) in [5.74, 6) is -0.0839. The van der Waals surface area contributed by atoms with Gasteiger partial charge in [-0.15, -0.1) is 0 Å². The van der Waals surface area contributed by atoms with Gasteiger partial charge in [-0.05, 0) is 48.2 Å². The molecular weight excluding hydrogens is 354 g/mol. The van der Waals surface area contributed by atoms with E-state index >= 15 is 0 Å². The summed E-state index contributed by atoms with van der Waals surface area (Å²) in [5, 5.41) is 26.1. The number of benzene rings is 2. The van der Waals surface area contributed by atoms with E-state index in [2.05, 4.69) is 10.2 Å². The Morgan fingerprint density at radius 1 is 1.11 bits per heavy atom. The molecule has 0 unspecified atom stereocenters. The first-order valence-electron chi connectivity index (χ1n) is 9.14. The molecule has 0 saturated heterocycles. The summed E-state index contributed by atoms with van der Waals surface area (Å²) in [5.41, 5.74) is 6.61. The van der Waals surface area contributed by atoms with Crippen molar-refractivity contribution in [3.8, 4) is 11.1 Å². The van der Waals surface area contributed by atoms with E-state index in [-0.39, 0.29) is 19.1 Å². The lowest BCUT2D eigenvalue weighted by atomic mass is 9.96. The van der Waals surface area contributed by atoms with Gasteiger partial charge in [0, 0.05) is 30.4 Å². The van der Waals surface area contributed by atoms with Crippen LogP contribution < -0.4 is 0 Å². The molecule has 1 amide bonds. The molecule has 6 nitrogen and oxygen atoms in total. The molecule has 28 heavy (non-hydrogen) atoms. The molecule has 146 valence electrons. The van der Waals surface area contributed by atoms with E-state index in [0.717, 1.165) is 33.6 Å². The molecule has 3 N–H and O–H groups in total. The van der Waals surface area contributed by atoms with Gasteiger partial charge in [0.2, 0.25) is 0 Å². The highest BCUT2D eigenvalue weighted by Gasteiger charge is 2.17. The number of carbonyl (C=O) groups is 1. The normalized spacial score (nSPS) is 10.9. The van der Waals surface area contributed by atoms with Gasteiger partial charge in [0.05, 0.1) is 18.9 Å². The Hall–Kier alpha value is -2.96. The molecule has 3 aromatic rings. The van der Waals surface area contributed by atoms with Crippen LogP contribution in [0.25, 0.3) is 11.1 Å². The van der Waals surface area contributed by atoms with Crippen LogP contribution in [0, 0.1) is 13.8 Å². The van der Waals surface area contributed by atoms with Crippen LogP contribution >= 0.6 is 0 Å². The molecule has 0 aliphatic rings. The smallest absolute Gasteiger partial charge is 0.253 e. The van der Waals surface area contributed by atoms with E-state index in [9.17, 15) is 15.0 Å². The van der Waals surface area contributed by atoms with Crippen molar-refractivity contribution in [1.29, 1.82) is 0 Å². The standard InChI is InChI=1S/C22H25N3O3/c1-14-21(15(2)24-23-14)11-25(3)22(28)18-6-4-5-17(10-18)20-8-7-16(12-26)9-19(20)13-27/h4-10,26-27H,11-13H2,1-3H3,(H,23,24). The van der Waals surface area contributed by atoms with E-state index in [0.29, 0.717) is 17.7 Å². The first-order valence-corrected chi connectivity index (χ1v) is 9.14. The second kappa shape index (κ2) is 8.37. The minimum atomic E-state index is -0.139. The lowest BCUT2D eigenvalue weighted by Crippen LogP contribution is -2.26. The fourth-order valence-electron chi connectivity index (χ4n) is 3.31. The monoisotopic (exact) mass is 379 g/mol. The van der Waals surface area contributed by atoms with E-state index in [1.54, 1.807) is 24.1 Å². The van der Waals surface area contributed by atoms with Crippen molar-refractivity contribution >= 4 is 5.91 Å². The van der Waals surface area contributed by atoms with E-state index in [1.807, 2.05) is 44.2 Å². The zero-order valence-corrected chi connectivity index (χ0v) is 16.4. The highest BCUT2D eigenvalue weighted by atomic mass is 16.3. The Morgan fingerprint density at radius 3 is 2.54 bits per heavy atom. The maximum absolute atomic E-state index is 12.9. The van der Waals surface area contributed by atoms with Crippen molar-refractivity contribution in [2.75, 3.05) is 7.05 Å². The average molecular weight is 379 g/mol. The minimum Gasteiger partial charge on any atom is -0.392 e. The van der Waals surface area contributed by atoms with Crippen molar-refractivity contribution in [1.82, 2.24) is 15.1 Å². The molecular formula is C22H25N3O3. The van der Waals surface area contributed by atoms with Crippen LogP contribution in [-0.4, -0.2) is 38.3 Å². The first-order chi connectivity index (χ1) is 13.4. The van der Waals surface area contributed by atoms with Crippen LogP contribution in [0.2, 0.25) is 0 Å². The second-order valence-corrected chi connectivity index (χ2v) is 6.96. The third kappa shape index (κ3) is 3.98. The van der Waals surface area contributed by atoms with Gasteiger partial charge in [0.15, 0.2) is 0 Å². The highest BCUT2D eigenvalue weighted by molar-refractivity contribution is 5.95. The maximum atomic E-state index is 12.9. The summed E-state index contributed by atoms with van der Waals surface area (Å²) in [7, 11) is 1.77. The molecule has 0 radical (unpaired) electrons. The largest absolute Gasteiger partial charge is 0.392 e. The Labute approximate surface area is 164 Å². The number of rotatable bonds is 6. The zero-order valence-electron chi connectivity index (χ0n) is 16.4. The Bertz CT molecular complexity index is 975. The molecule has 3 rings (SSSR count). The van der Waals surface area contributed by atoms with Crippen molar-refractivity contribution in [3.63, 3.8) is 0 Å². The van der Waals surface area contributed by atoms with Gasteiger partial charge in [-0.2, -0.15) is 5.10 Å². The third-order valence-corrected chi connectivity index (χ3v) is 4.97.